The monoisotopic (exact) mass is 778 g/mol. The molecule has 0 saturated carbocycles. The Balaban J connectivity index is 1.18. The van der Waals surface area contributed by atoms with E-state index in [1.807, 2.05) is 72.8 Å². The molecule has 284 valence electrons. The Hall–Kier alpha value is -8.35. The first-order chi connectivity index (χ1) is 30.2. The van der Waals surface area contributed by atoms with E-state index in [0.717, 1.165) is 82.6 Å². The molecule has 0 fully saturated rings. The minimum Gasteiger partial charge on any atom is -0.277 e. The first-order valence-electron chi connectivity index (χ1n) is 20.4. The molecule has 12 aromatic rings. The average molecular weight is 779 g/mol. The smallest absolute Gasteiger partial charge is 0.235 e. The molecule has 3 aromatic heterocycles. The maximum atomic E-state index is 5.48. The molecule has 0 spiro atoms. The van der Waals surface area contributed by atoms with Crippen molar-refractivity contribution in [1.82, 2.24) is 29.5 Å². The van der Waals surface area contributed by atoms with Crippen LogP contribution in [0, 0.1) is 0 Å². The molecule has 0 aliphatic heterocycles. The van der Waals surface area contributed by atoms with Crippen LogP contribution in [-0.2, 0) is 0 Å². The molecular weight excluding hydrogens is 745 g/mol. The summed E-state index contributed by atoms with van der Waals surface area (Å²) in [7, 11) is 0. The largest absolute Gasteiger partial charge is 0.277 e. The van der Waals surface area contributed by atoms with Crippen LogP contribution in [0.3, 0.4) is 0 Å². The van der Waals surface area contributed by atoms with Crippen LogP contribution in [-0.4, -0.2) is 29.5 Å². The van der Waals surface area contributed by atoms with Crippen LogP contribution in [0.2, 0.25) is 0 Å². The van der Waals surface area contributed by atoms with Crippen molar-refractivity contribution in [3.8, 4) is 62.5 Å². The average Bonchev–Trinajstić information content (AvgIpc) is 3.67. The SMILES string of the molecule is c1ccc(-c2nc(-c3ccccc3)nc(-c3cccc(-c4c5ccccc5cc5c6c7ccccc7ccc6n(-c6nc(-c7ccccc7)c7ccccc7n6)c45)c3)n2)cc1. The number of hydrogen-bond acceptors (Lipinski definition) is 5. The van der Waals surface area contributed by atoms with E-state index in [4.69, 9.17) is 24.9 Å². The van der Waals surface area contributed by atoms with Gasteiger partial charge in [-0.25, -0.2) is 24.9 Å². The molecule has 0 saturated heterocycles. The Labute approximate surface area is 351 Å². The van der Waals surface area contributed by atoms with Gasteiger partial charge in [-0.2, -0.15) is 0 Å². The highest BCUT2D eigenvalue weighted by molar-refractivity contribution is 6.27. The molecule has 0 aliphatic rings. The Morgan fingerprint density at radius 3 is 1.57 bits per heavy atom. The Kier molecular flexibility index (Phi) is 8.06. The van der Waals surface area contributed by atoms with Crippen molar-refractivity contribution >= 4 is 54.3 Å². The number of para-hydroxylation sites is 1. The lowest BCUT2D eigenvalue weighted by atomic mass is 9.93. The quantitative estimate of drug-likeness (QED) is 0.168. The Bertz CT molecular complexity index is 3580. The second kappa shape index (κ2) is 14.2. The van der Waals surface area contributed by atoms with Crippen LogP contribution >= 0.6 is 0 Å². The van der Waals surface area contributed by atoms with Crippen LogP contribution in [0.4, 0.5) is 0 Å². The minimum absolute atomic E-state index is 0.600. The molecule has 9 aromatic carbocycles. The maximum absolute atomic E-state index is 5.48. The number of hydrogen-bond donors (Lipinski definition) is 0. The number of aromatic nitrogens is 6. The van der Waals surface area contributed by atoms with Crippen LogP contribution in [0.25, 0.3) is 117 Å². The summed E-state index contributed by atoms with van der Waals surface area (Å²) in [5.41, 5.74) is 9.72. The topological polar surface area (TPSA) is 69.4 Å². The standard InChI is InChI=1S/C55H34N6/c1-4-18-36(19-5-1)50-44-29-14-15-30-46(44)56-55(57-50)61-47-32-31-35-17-10-12-27-42(35)49(47)45-34-39-24-11-13-28-43(39)48(51(45)61)40-25-16-26-41(33-40)54-59-52(37-20-6-2-7-21-37)58-53(60-54)38-22-8-3-9-23-38/h1-34H. The van der Waals surface area contributed by atoms with Crippen molar-refractivity contribution in [2.45, 2.75) is 0 Å². The molecule has 0 aliphatic carbocycles. The molecule has 0 unspecified atom stereocenters. The summed E-state index contributed by atoms with van der Waals surface area (Å²) in [6.07, 6.45) is 0. The molecule has 3 heterocycles. The Morgan fingerprint density at radius 2 is 0.869 bits per heavy atom. The van der Waals surface area contributed by atoms with Crippen LogP contribution in [0.1, 0.15) is 0 Å². The highest BCUT2D eigenvalue weighted by Gasteiger charge is 2.24. The third-order valence-electron chi connectivity index (χ3n) is 11.6. The number of fused-ring (bicyclic) bond motifs is 7. The van der Waals surface area contributed by atoms with E-state index in [0.29, 0.717) is 23.4 Å². The van der Waals surface area contributed by atoms with Gasteiger partial charge in [0.15, 0.2) is 17.5 Å². The summed E-state index contributed by atoms with van der Waals surface area (Å²) < 4.78 is 2.29. The first kappa shape index (κ1) is 34.7. The summed E-state index contributed by atoms with van der Waals surface area (Å²) >= 11 is 0. The molecule has 61 heavy (non-hydrogen) atoms. The number of rotatable bonds is 6. The van der Waals surface area contributed by atoms with Gasteiger partial charge >= 0.3 is 0 Å². The molecule has 0 bridgehead atoms. The van der Waals surface area contributed by atoms with E-state index in [2.05, 4.69) is 138 Å². The van der Waals surface area contributed by atoms with Crippen LogP contribution in [0.15, 0.2) is 206 Å². The molecule has 0 radical (unpaired) electrons. The second-order valence-electron chi connectivity index (χ2n) is 15.3. The first-order valence-corrected chi connectivity index (χ1v) is 20.4. The van der Waals surface area contributed by atoms with Crippen molar-refractivity contribution < 1.29 is 0 Å². The minimum atomic E-state index is 0.600. The lowest BCUT2D eigenvalue weighted by Gasteiger charge is -2.16. The van der Waals surface area contributed by atoms with Crippen LogP contribution in [0.5, 0.6) is 0 Å². The van der Waals surface area contributed by atoms with E-state index in [1.54, 1.807) is 0 Å². The van der Waals surface area contributed by atoms with E-state index in [9.17, 15) is 0 Å². The molecule has 0 amide bonds. The van der Waals surface area contributed by atoms with Crippen molar-refractivity contribution in [3.05, 3.63) is 206 Å². The fourth-order valence-electron chi connectivity index (χ4n) is 8.84. The van der Waals surface area contributed by atoms with E-state index in [1.165, 1.54) is 10.8 Å². The van der Waals surface area contributed by atoms with Gasteiger partial charge in [0.05, 0.1) is 22.2 Å². The lowest BCUT2D eigenvalue weighted by Crippen LogP contribution is -2.04. The molecule has 6 heteroatoms. The number of nitrogens with zero attached hydrogens (tertiary/aromatic N) is 6. The van der Waals surface area contributed by atoms with Crippen molar-refractivity contribution in [3.63, 3.8) is 0 Å². The van der Waals surface area contributed by atoms with Crippen molar-refractivity contribution in [1.29, 1.82) is 0 Å². The van der Waals surface area contributed by atoms with Gasteiger partial charge in [0, 0.05) is 44.0 Å². The molecule has 12 rings (SSSR count). The van der Waals surface area contributed by atoms with E-state index < -0.39 is 0 Å². The van der Waals surface area contributed by atoms with Gasteiger partial charge in [0.2, 0.25) is 5.95 Å². The third kappa shape index (κ3) is 5.84. The zero-order valence-electron chi connectivity index (χ0n) is 32.8. The van der Waals surface area contributed by atoms with Gasteiger partial charge < -0.3 is 0 Å². The summed E-state index contributed by atoms with van der Waals surface area (Å²) in [4.78, 5) is 26.0. The van der Waals surface area contributed by atoms with Gasteiger partial charge in [-0.15, -0.1) is 0 Å². The van der Waals surface area contributed by atoms with E-state index >= 15 is 0 Å². The molecule has 0 N–H and O–H groups in total. The van der Waals surface area contributed by atoms with Crippen molar-refractivity contribution in [2.75, 3.05) is 0 Å². The Morgan fingerprint density at radius 1 is 0.328 bits per heavy atom. The molecular formula is C55H34N6. The summed E-state index contributed by atoms with van der Waals surface area (Å²) in [5.74, 6) is 2.45. The van der Waals surface area contributed by atoms with Gasteiger partial charge in [-0.05, 0) is 51.4 Å². The predicted octanol–water partition coefficient (Wildman–Crippen LogP) is 13.6. The van der Waals surface area contributed by atoms with Gasteiger partial charge in [-0.1, -0.05) is 182 Å². The molecule has 6 nitrogen and oxygen atoms in total. The van der Waals surface area contributed by atoms with Crippen LogP contribution < -0.4 is 0 Å². The van der Waals surface area contributed by atoms with E-state index in [-0.39, 0.29) is 0 Å². The highest BCUT2D eigenvalue weighted by atomic mass is 15.2. The fourth-order valence-corrected chi connectivity index (χ4v) is 8.84. The molecule has 0 atom stereocenters. The highest BCUT2D eigenvalue weighted by Crippen LogP contribution is 2.45. The van der Waals surface area contributed by atoms with Gasteiger partial charge in [0.25, 0.3) is 0 Å². The number of benzene rings is 9. The fraction of sp³-hybridized carbons (Fsp3) is 0. The van der Waals surface area contributed by atoms with Crippen molar-refractivity contribution in [2.24, 2.45) is 0 Å². The zero-order chi connectivity index (χ0) is 40.3. The summed E-state index contributed by atoms with van der Waals surface area (Å²) in [6.45, 7) is 0. The van der Waals surface area contributed by atoms with Gasteiger partial charge in [-0.3, -0.25) is 4.57 Å². The third-order valence-corrected chi connectivity index (χ3v) is 11.6. The predicted molar refractivity (Wildman–Crippen MR) is 249 cm³/mol. The van der Waals surface area contributed by atoms with Gasteiger partial charge in [0.1, 0.15) is 0 Å². The maximum Gasteiger partial charge on any atom is 0.235 e. The summed E-state index contributed by atoms with van der Waals surface area (Å²) in [6, 6.07) is 71.6. The summed E-state index contributed by atoms with van der Waals surface area (Å²) in [5, 5.41) is 7.90. The second-order valence-corrected chi connectivity index (χ2v) is 15.3. The zero-order valence-corrected chi connectivity index (χ0v) is 32.8. The normalized spacial score (nSPS) is 11.6. The lowest BCUT2D eigenvalue weighted by molar-refractivity contribution is 1.01.